The Hall–Kier alpha value is -0.730. The topological polar surface area (TPSA) is 127 Å². The van der Waals surface area contributed by atoms with Crippen LogP contribution < -0.4 is 0 Å². The first-order valence-electron chi connectivity index (χ1n) is 8.96. The lowest BCUT2D eigenvalue weighted by Crippen LogP contribution is -2.47. The molecule has 0 fully saturated rings. The minimum Gasteiger partial charge on any atom is -0.433 e. The maximum atomic E-state index is 11.5. The highest BCUT2D eigenvalue weighted by Crippen LogP contribution is 2.12. The lowest BCUT2D eigenvalue weighted by molar-refractivity contribution is -0.209. The third-order valence-electron chi connectivity index (χ3n) is 3.96. The summed E-state index contributed by atoms with van der Waals surface area (Å²) in [5.74, 6) is -0.671. The summed E-state index contributed by atoms with van der Waals surface area (Å²) in [6.07, 6.45) is 2.87. The van der Waals surface area contributed by atoms with Gasteiger partial charge in [-0.05, 0) is 6.42 Å². The quantitative estimate of drug-likeness (QED) is 0.168. The molecule has 5 N–H and O–H groups in total. The van der Waals surface area contributed by atoms with E-state index in [1.807, 2.05) is 0 Å². The molecule has 0 rings (SSSR count). The molecule has 0 saturated heterocycles. The number of hydrogen-bond acceptors (Lipinski definition) is 7. The van der Waals surface area contributed by atoms with Gasteiger partial charge in [-0.15, -0.1) is 0 Å². The van der Waals surface area contributed by atoms with Crippen LogP contribution in [0.25, 0.3) is 0 Å². The van der Waals surface area contributed by atoms with E-state index in [4.69, 9.17) is 10.2 Å². The lowest BCUT2D eigenvalue weighted by Gasteiger charge is -2.25. The summed E-state index contributed by atoms with van der Waals surface area (Å²) in [5, 5.41) is 46.2. The minimum atomic E-state index is -1.94. The highest BCUT2D eigenvalue weighted by Gasteiger charge is 2.32. The van der Waals surface area contributed by atoms with Crippen molar-refractivity contribution >= 4 is 5.97 Å². The van der Waals surface area contributed by atoms with Gasteiger partial charge >= 0.3 is 5.97 Å². The number of rotatable bonds is 15. The Labute approximate surface area is 144 Å². The molecule has 0 aromatic heterocycles. The van der Waals surface area contributed by atoms with Crippen LogP contribution in [-0.4, -0.2) is 62.7 Å². The van der Waals surface area contributed by atoms with E-state index in [9.17, 15) is 20.1 Å². The number of ether oxygens (including phenoxy) is 1. The van der Waals surface area contributed by atoms with Crippen molar-refractivity contribution in [3.8, 4) is 0 Å². The maximum absolute atomic E-state index is 11.5. The SMILES string of the molecule is CCCCCCCCCCCC(=O)OC(O)[C@@H](O)C(O)[C@@H](O)CO. The van der Waals surface area contributed by atoms with Crippen LogP contribution in [0, 0.1) is 0 Å². The molecule has 0 bridgehead atoms. The highest BCUT2D eigenvalue weighted by atomic mass is 16.6. The number of unbranched alkanes of at least 4 members (excludes halogenated alkanes) is 8. The summed E-state index contributed by atoms with van der Waals surface area (Å²) in [5.41, 5.74) is 0. The van der Waals surface area contributed by atoms with Crippen molar-refractivity contribution in [1.29, 1.82) is 0 Å². The van der Waals surface area contributed by atoms with Crippen LogP contribution in [0.3, 0.4) is 0 Å². The van der Waals surface area contributed by atoms with E-state index in [-0.39, 0.29) is 6.42 Å². The fraction of sp³-hybridized carbons (Fsp3) is 0.941. The molecule has 24 heavy (non-hydrogen) atoms. The molecule has 7 heteroatoms. The molecule has 4 atom stereocenters. The molecule has 0 aliphatic rings. The van der Waals surface area contributed by atoms with E-state index in [0.717, 1.165) is 19.3 Å². The summed E-state index contributed by atoms with van der Waals surface area (Å²) < 4.78 is 4.61. The summed E-state index contributed by atoms with van der Waals surface area (Å²) in [6.45, 7) is 1.40. The predicted molar refractivity (Wildman–Crippen MR) is 89.0 cm³/mol. The van der Waals surface area contributed by atoms with Gasteiger partial charge in [-0.1, -0.05) is 58.3 Å². The number of esters is 1. The van der Waals surface area contributed by atoms with Crippen molar-refractivity contribution in [3.63, 3.8) is 0 Å². The normalized spacial score (nSPS) is 16.4. The Balaban J connectivity index is 3.71. The van der Waals surface area contributed by atoms with E-state index >= 15 is 0 Å². The van der Waals surface area contributed by atoms with E-state index in [2.05, 4.69) is 11.7 Å². The van der Waals surface area contributed by atoms with Crippen molar-refractivity contribution in [1.82, 2.24) is 0 Å². The first-order chi connectivity index (χ1) is 11.4. The Morgan fingerprint density at radius 2 is 1.33 bits per heavy atom. The molecule has 0 saturated carbocycles. The van der Waals surface area contributed by atoms with Crippen LogP contribution in [0.4, 0.5) is 0 Å². The third kappa shape index (κ3) is 10.9. The van der Waals surface area contributed by atoms with Gasteiger partial charge in [0.05, 0.1) is 6.61 Å². The Morgan fingerprint density at radius 3 is 1.83 bits per heavy atom. The third-order valence-corrected chi connectivity index (χ3v) is 3.96. The molecule has 0 aliphatic carbocycles. The Kier molecular flexibility index (Phi) is 14.2. The van der Waals surface area contributed by atoms with Crippen molar-refractivity contribution in [3.05, 3.63) is 0 Å². The molecular formula is C17H34O7. The maximum Gasteiger partial charge on any atom is 0.308 e. The summed E-state index contributed by atoms with van der Waals surface area (Å²) in [7, 11) is 0. The Morgan fingerprint density at radius 1 is 0.833 bits per heavy atom. The molecule has 144 valence electrons. The molecule has 0 spiro atoms. The number of carbonyl (C=O) groups excluding carboxylic acids is 1. The van der Waals surface area contributed by atoms with Gasteiger partial charge in [-0.25, -0.2) is 0 Å². The average Bonchev–Trinajstić information content (AvgIpc) is 2.58. The van der Waals surface area contributed by atoms with E-state index in [1.54, 1.807) is 0 Å². The van der Waals surface area contributed by atoms with Crippen molar-refractivity contribution in [2.24, 2.45) is 0 Å². The molecule has 7 nitrogen and oxygen atoms in total. The fourth-order valence-corrected chi connectivity index (χ4v) is 2.35. The van der Waals surface area contributed by atoms with Gasteiger partial charge in [0, 0.05) is 6.42 Å². The first kappa shape index (κ1) is 23.3. The van der Waals surface area contributed by atoms with Gasteiger partial charge in [0.2, 0.25) is 6.29 Å². The number of aliphatic hydroxyl groups excluding tert-OH is 5. The van der Waals surface area contributed by atoms with Gasteiger partial charge in [0.25, 0.3) is 0 Å². The van der Waals surface area contributed by atoms with Gasteiger partial charge in [0.15, 0.2) is 0 Å². The summed E-state index contributed by atoms with van der Waals surface area (Å²) >= 11 is 0. The summed E-state index contributed by atoms with van der Waals surface area (Å²) in [6, 6.07) is 0. The van der Waals surface area contributed by atoms with E-state index in [0.29, 0.717) is 6.42 Å². The van der Waals surface area contributed by atoms with Crippen LogP contribution in [0.1, 0.15) is 71.1 Å². The first-order valence-corrected chi connectivity index (χ1v) is 8.96. The van der Waals surface area contributed by atoms with Gasteiger partial charge in [-0.2, -0.15) is 0 Å². The van der Waals surface area contributed by atoms with Gasteiger partial charge in [-0.3, -0.25) is 4.79 Å². The average molecular weight is 350 g/mol. The number of hydrogen-bond donors (Lipinski definition) is 5. The highest BCUT2D eigenvalue weighted by molar-refractivity contribution is 5.69. The second kappa shape index (κ2) is 14.6. The smallest absolute Gasteiger partial charge is 0.308 e. The molecule has 0 aromatic rings. The zero-order chi connectivity index (χ0) is 18.4. The number of aliphatic hydroxyl groups is 5. The second-order valence-electron chi connectivity index (χ2n) is 6.19. The van der Waals surface area contributed by atoms with Gasteiger partial charge in [0.1, 0.15) is 18.3 Å². The molecule has 0 aromatic carbocycles. The molecular weight excluding hydrogens is 316 g/mol. The molecule has 0 amide bonds. The fourth-order valence-electron chi connectivity index (χ4n) is 2.35. The van der Waals surface area contributed by atoms with E-state index in [1.165, 1.54) is 32.1 Å². The zero-order valence-electron chi connectivity index (χ0n) is 14.6. The summed E-state index contributed by atoms with van der Waals surface area (Å²) in [4.78, 5) is 11.5. The molecule has 0 aliphatic heterocycles. The number of carbonyl (C=O) groups is 1. The van der Waals surface area contributed by atoms with Crippen LogP contribution in [0.2, 0.25) is 0 Å². The Bertz CT molecular complexity index is 311. The van der Waals surface area contributed by atoms with Crippen molar-refractivity contribution in [2.45, 2.75) is 95.7 Å². The van der Waals surface area contributed by atoms with E-state index < -0.39 is 37.2 Å². The van der Waals surface area contributed by atoms with Crippen LogP contribution in [0.5, 0.6) is 0 Å². The van der Waals surface area contributed by atoms with Crippen LogP contribution in [0.15, 0.2) is 0 Å². The molecule has 0 radical (unpaired) electrons. The lowest BCUT2D eigenvalue weighted by atomic mass is 10.1. The van der Waals surface area contributed by atoms with Crippen LogP contribution in [-0.2, 0) is 9.53 Å². The monoisotopic (exact) mass is 350 g/mol. The molecule has 2 unspecified atom stereocenters. The van der Waals surface area contributed by atoms with Crippen molar-refractivity contribution in [2.75, 3.05) is 6.61 Å². The largest absolute Gasteiger partial charge is 0.433 e. The van der Waals surface area contributed by atoms with Crippen LogP contribution >= 0.6 is 0 Å². The predicted octanol–water partition coefficient (Wildman–Crippen LogP) is 0.844. The zero-order valence-corrected chi connectivity index (χ0v) is 14.6. The van der Waals surface area contributed by atoms with Gasteiger partial charge < -0.3 is 30.3 Å². The standard InChI is InChI=1S/C17H34O7/c1-2-3-4-5-6-7-8-9-10-11-14(20)24-17(23)16(22)15(21)13(19)12-18/h13,15-19,21-23H,2-12H2,1H3/t13-,15?,16-,17?/m0/s1. The minimum absolute atomic E-state index is 0.123. The molecule has 0 heterocycles. The van der Waals surface area contributed by atoms with Crippen molar-refractivity contribution < 1.29 is 35.1 Å². The second-order valence-corrected chi connectivity index (χ2v) is 6.19.